The minimum atomic E-state index is -0.964. The molecule has 86 valence electrons. The molecule has 3 heteroatoms. The van der Waals surface area contributed by atoms with Gasteiger partial charge in [-0.15, -0.1) is 0 Å². The van der Waals surface area contributed by atoms with Crippen molar-refractivity contribution in [2.24, 2.45) is 0 Å². The fraction of sp³-hybridized carbons (Fsp3) is 0.143. The molecule has 0 saturated heterocycles. The number of carboxylic acid groups (broad SMARTS) is 1. The van der Waals surface area contributed by atoms with Gasteiger partial charge in [0, 0.05) is 5.56 Å². The molecule has 0 bridgehead atoms. The normalized spacial score (nSPS) is 10.5. The van der Waals surface area contributed by atoms with E-state index in [0.29, 0.717) is 21.9 Å². The number of carboxylic acids is 1. The van der Waals surface area contributed by atoms with Gasteiger partial charge in [0.25, 0.3) is 0 Å². The number of rotatable bonds is 2. The van der Waals surface area contributed by atoms with Gasteiger partial charge in [-0.25, -0.2) is 4.79 Å². The molecule has 2 rings (SSSR count). The average molecular weight is 228 g/mol. The molecule has 3 nitrogen and oxygen atoms in total. The summed E-state index contributed by atoms with van der Waals surface area (Å²) in [6.07, 6.45) is 0. The molecule has 0 radical (unpaired) electrons. The molecule has 0 atom stereocenters. The van der Waals surface area contributed by atoms with Crippen molar-refractivity contribution < 1.29 is 14.7 Å². The van der Waals surface area contributed by atoms with E-state index in [-0.39, 0.29) is 11.3 Å². The Morgan fingerprint density at radius 3 is 2.24 bits per heavy atom. The van der Waals surface area contributed by atoms with Gasteiger partial charge in [-0.2, -0.15) is 0 Å². The third-order valence-electron chi connectivity index (χ3n) is 2.83. The van der Waals surface area contributed by atoms with Crippen LogP contribution in [0.1, 0.15) is 33.2 Å². The second kappa shape index (κ2) is 4.01. The Hall–Kier alpha value is -2.16. The molecule has 0 fully saturated rings. The molecule has 0 aliphatic carbocycles. The molecule has 0 spiro atoms. The maximum Gasteiger partial charge on any atom is 0.336 e. The van der Waals surface area contributed by atoms with E-state index in [9.17, 15) is 14.7 Å². The van der Waals surface area contributed by atoms with Crippen molar-refractivity contribution in [1.29, 1.82) is 0 Å². The number of Topliss-reactive ketones (excluding diaryl/α,β-unsaturated/α-hetero) is 1. The van der Waals surface area contributed by atoms with Gasteiger partial charge in [0.15, 0.2) is 5.78 Å². The van der Waals surface area contributed by atoms with Gasteiger partial charge in [-0.3, -0.25) is 4.79 Å². The van der Waals surface area contributed by atoms with Crippen molar-refractivity contribution in [3.05, 3.63) is 47.0 Å². The quantitative estimate of drug-likeness (QED) is 0.804. The summed E-state index contributed by atoms with van der Waals surface area (Å²) >= 11 is 0. The van der Waals surface area contributed by atoms with Gasteiger partial charge in [0.1, 0.15) is 0 Å². The van der Waals surface area contributed by atoms with Crippen molar-refractivity contribution in [3.63, 3.8) is 0 Å². The van der Waals surface area contributed by atoms with Gasteiger partial charge in [-0.05, 0) is 36.2 Å². The van der Waals surface area contributed by atoms with Crippen LogP contribution in [0.25, 0.3) is 10.8 Å². The standard InChI is InChI=1S/C14H12O3/c1-8-7-12(9(2)15)10-5-3-4-6-11(10)13(8)14(16)17/h3-7H,1-2H3,(H,16,17). The number of benzene rings is 2. The predicted octanol–water partition coefficient (Wildman–Crippen LogP) is 3.05. The summed E-state index contributed by atoms with van der Waals surface area (Å²) in [5.74, 6) is -1.02. The topological polar surface area (TPSA) is 54.4 Å². The zero-order valence-corrected chi connectivity index (χ0v) is 9.65. The molecular formula is C14H12O3. The second-order valence-electron chi connectivity index (χ2n) is 4.02. The van der Waals surface area contributed by atoms with Crippen molar-refractivity contribution in [2.45, 2.75) is 13.8 Å². The Balaban J connectivity index is 2.97. The molecule has 0 amide bonds. The maximum absolute atomic E-state index is 11.5. The van der Waals surface area contributed by atoms with Crippen molar-refractivity contribution >= 4 is 22.5 Å². The largest absolute Gasteiger partial charge is 0.478 e. The monoisotopic (exact) mass is 228 g/mol. The Labute approximate surface area is 98.7 Å². The molecule has 17 heavy (non-hydrogen) atoms. The Morgan fingerprint density at radius 1 is 1.12 bits per heavy atom. The van der Waals surface area contributed by atoms with Crippen LogP contribution in [0.15, 0.2) is 30.3 Å². The van der Waals surface area contributed by atoms with Crippen LogP contribution in [-0.4, -0.2) is 16.9 Å². The second-order valence-corrected chi connectivity index (χ2v) is 4.02. The van der Waals surface area contributed by atoms with Crippen LogP contribution in [0.3, 0.4) is 0 Å². The first-order chi connectivity index (χ1) is 8.02. The molecule has 0 unspecified atom stereocenters. The molecule has 0 aliphatic heterocycles. The maximum atomic E-state index is 11.5. The number of carbonyl (C=O) groups is 2. The average Bonchev–Trinajstić information content (AvgIpc) is 2.27. The van der Waals surface area contributed by atoms with Crippen LogP contribution in [0.4, 0.5) is 0 Å². The minimum absolute atomic E-state index is 0.0544. The summed E-state index contributed by atoms with van der Waals surface area (Å²) in [7, 11) is 0. The molecule has 0 saturated carbocycles. The van der Waals surface area contributed by atoms with E-state index >= 15 is 0 Å². The van der Waals surface area contributed by atoms with Crippen molar-refractivity contribution in [3.8, 4) is 0 Å². The molecule has 2 aromatic carbocycles. The summed E-state index contributed by atoms with van der Waals surface area (Å²) in [6, 6.07) is 8.73. The van der Waals surface area contributed by atoms with Crippen LogP contribution in [-0.2, 0) is 0 Å². The lowest BCUT2D eigenvalue weighted by atomic mass is 9.94. The summed E-state index contributed by atoms with van der Waals surface area (Å²) in [5.41, 5.74) is 1.45. The van der Waals surface area contributed by atoms with Crippen LogP contribution in [0.2, 0.25) is 0 Å². The van der Waals surface area contributed by atoms with Gasteiger partial charge < -0.3 is 5.11 Å². The number of aromatic carboxylic acids is 1. The summed E-state index contributed by atoms with van der Waals surface area (Å²) in [4.78, 5) is 22.8. The predicted molar refractivity (Wildman–Crippen MR) is 65.6 cm³/mol. The molecule has 2 aromatic rings. The molecule has 0 aromatic heterocycles. The van der Waals surface area contributed by atoms with E-state index in [2.05, 4.69) is 0 Å². The van der Waals surface area contributed by atoms with Crippen LogP contribution in [0, 0.1) is 6.92 Å². The first kappa shape index (κ1) is 11.3. The van der Waals surface area contributed by atoms with Gasteiger partial charge in [0.2, 0.25) is 0 Å². The van der Waals surface area contributed by atoms with E-state index in [1.54, 1.807) is 37.3 Å². The number of hydrogen-bond donors (Lipinski definition) is 1. The highest BCUT2D eigenvalue weighted by Crippen LogP contribution is 2.26. The van der Waals surface area contributed by atoms with Gasteiger partial charge in [0.05, 0.1) is 5.56 Å². The third-order valence-corrected chi connectivity index (χ3v) is 2.83. The first-order valence-electron chi connectivity index (χ1n) is 5.29. The summed E-state index contributed by atoms with van der Waals surface area (Å²) in [6.45, 7) is 3.20. The minimum Gasteiger partial charge on any atom is -0.478 e. The van der Waals surface area contributed by atoms with Gasteiger partial charge in [-0.1, -0.05) is 24.3 Å². The number of fused-ring (bicyclic) bond motifs is 1. The smallest absolute Gasteiger partial charge is 0.336 e. The fourth-order valence-electron chi connectivity index (χ4n) is 2.09. The van der Waals surface area contributed by atoms with Gasteiger partial charge >= 0.3 is 5.97 Å². The highest BCUT2D eigenvalue weighted by Gasteiger charge is 2.16. The number of carbonyl (C=O) groups excluding carboxylic acids is 1. The molecule has 0 aliphatic rings. The van der Waals surface area contributed by atoms with E-state index in [1.807, 2.05) is 0 Å². The zero-order valence-electron chi connectivity index (χ0n) is 9.65. The van der Waals surface area contributed by atoms with E-state index < -0.39 is 5.97 Å². The highest BCUT2D eigenvalue weighted by molar-refractivity contribution is 6.13. The van der Waals surface area contributed by atoms with Crippen molar-refractivity contribution in [2.75, 3.05) is 0 Å². The lowest BCUT2D eigenvalue weighted by Gasteiger charge is -2.10. The molecule has 1 N–H and O–H groups in total. The fourth-order valence-corrected chi connectivity index (χ4v) is 2.09. The van der Waals surface area contributed by atoms with Crippen LogP contribution in [0.5, 0.6) is 0 Å². The SMILES string of the molecule is CC(=O)c1cc(C)c(C(=O)O)c2ccccc12. The highest BCUT2D eigenvalue weighted by atomic mass is 16.4. The van der Waals surface area contributed by atoms with Crippen molar-refractivity contribution in [1.82, 2.24) is 0 Å². The zero-order chi connectivity index (χ0) is 12.6. The van der Waals surface area contributed by atoms with Crippen LogP contribution >= 0.6 is 0 Å². The lowest BCUT2D eigenvalue weighted by Crippen LogP contribution is -2.04. The Morgan fingerprint density at radius 2 is 1.71 bits per heavy atom. The summed E-state index contributed by atoms with van der Waals surface area (Å²) < 4.78 is 0. The van der Waals surface area contributed by atoms with Crippen LogP contribution < -0.4 is 0 Å². The molecule has 0 heterocycles. The Bertz CT molecular complexity index is 627. The number of hydrogen-bond acceptors (Lipinski definition) is 2. The number of aryl methyl sites for hydroxylation is 1. The Kier molecular flexibility index (Phi) is 2.68. The van der Waals surface area contributed by atoms with E-state index in [0.717, 1.165) is 0 Å². The third kappa shape index (κ3) is 1.80. The lowest BCUT2D eigenvalue weighted by molar-refractivity contribution is 0.0698. The van der Waals surface area contributed by atoms with E-state index in [4.69, 9.17) is 0 Å². The van der Waals surface area contributed by atoms with E-state index in [1.165, 1.54) is 6.92 Å². The number of ketones is 1. The first-order valence-corrected chi connectivity index (χ1v) is 5.29. The summed E-state index contributed by atoms with van der Waals surface area (Å²) in [5, 5.41) is 10.5. The molecular weight excluding hydrogens is 216 g/mol.